The van der Waals surface area contributed by atoms with E-state index in [-0.39, 0.29) is 10.6 Å². The van der Waals surface area contributed by atoms with E-state index < -0.39 is 11.8 Å². The first-order chi connectivity index (χ1) is 11.9. The summed E-state index contributed by atoms with van der Waals surface area (Å²) in [6, 6.07) is 11.2. The van der Waals surface area contributed by atoms with E-state index in [1.54, 1.807) is 30.3 Å². The summed E-state index contributed by atoms with van der Waals surface area (Å²) >= 11 is 11.8. The van der Waals surface area contributed by atoms with Crippen LogP contribution in [0.25, 0.3) is 0 Å². The molecule has 0 bridgehead atoms. The number of hydrogen-bond donors (Lipinski definition) is 2. The summed E-state index contributed by atoms with van der Waals surface area (Å²) in [4.78, 5) is 24.3. The molecule has 0 aliphatic rings. The van der Waals surface area contributed by atoms with Gasteiger partial charge in [-0.05, 0) is 42.3 Å². The maximum atomic E-state index is 12.2. The zero-order valence-electron chi connectivity index (χ0n) is 13.8. The van der Waals surface area contributed by atoms with Gasteiger partial charge in [0.1, 0.15) is 5.75 Å². The van der Waals surface area contributed by atoms with Crippen molar-refractivity contribution >= 4 is 35.0 Å². The highest BCUT2D eigenvalue weighted by atomic mass is 35.5. The molecule has 0 aliphatic heterocycles. The number of ether oxygens (including phenoxy) is 1. The molecule has 2 rings (SSSR count). The van der Waals surface area contributed by atoms with Crippen LogP contribution in [0.4, 0.5) is 0 Å². The first-order valence-corrected chi connectivity index (χ1v) is 8.41. The molecule has 0 saturated carbocycles. The van der Waals surface area contributed by atoms with Crippen molar-refractivity contribution < 1.29 is 14.3 Å². The number of carbonyl (C=O) groups is 2. The van der Waals surface area contributed by atoms with Gasteiger partial charge < -0.3 is 4.74 Å². The average molecular weight is 381 g/mol. The zero-order valence-corrected chi connectivity index (χ0v) is 15.3. The number of halogens is 2. The van der Waals surface area contributed by atoms with Crippen LogP contribution in [0.15, 0.2) is 42.5 Å². The second-order valence-corrected chi connectivity index (χ2v) is 6.61. The first-order valence-electron chi connectivity index (χ1n) is 7.65. The van der Waals surface area contributed by atoms with Crippen molar-refractivity contribution in [3.05, 3.63) is 63.6 Å². The minimum Gasteiger partial charge on any atom is -0.493 e. The number of amides is 2. The second-order valence-electron chi connectivity index (χ2n) is 5.77. The monoisotopic (exact) mass is 380 g/mol. The van der Waals surface area contributed by atoms with Gasteiger partial charge in [0.05, 0.1) is 17.2 Å². The van der Waals surface area contributed by atoms with E-state index in [0.29, 0.717) is 28.9 Å². The molecule has 0 spiro atoms. The van der Waals surface area contributed by atoms with Gasteiger partial charge in [0.15, 0.2) is 0 Å². The first kappa shape index (κ1) is 19.1. The lowest BCUT2D eigenvalue weighted by molar-refractivity contribution is 0.0846. The topological polar surface area (TPSA) is 67.4 Å². The Morgan fingerprint density at radius 2 is 1.76 bits per heavy atom. The smallest absolute Gasteiger partial charge is 0.271 e. The number of carbonyl (C=O) groups excluding carboxylic acids is 2. The Kier molecular flexibility index (Phi) is 6.67. The van der Waals surface area contributed by atoms with Gasteiger partial charge in [-0.2, -0.15) is 0 Å². The largest absolute Gasteiger partial charge is 0.493 e. The molecule has 0 fully saturated rings. The van der Waals surface area contributed by atoms with Crippen molar-refractivity contribution in [2.75, 3.05) is 6.61 Å². The van der Waals surface area contributed by atoms with Crippen molar-refractivity contribution in [1.29, 1.82) is 0 Å². The Morgan fingerprint density at radius 3 is 2.48 bits per heavy atom. The van der Waals surface area contributed by atoms with Gasteiger partial charge in [-0.25, -0.2) is 0 Å². The van der Waals surface area contributed by atoms with Gasteiger partial charge in [0.25, 0.3) is 11.8 Å². The molecule has 7 heteroatoms. The fourth-order valence-corrected chi connectivity index (χ4v) is 2.29. The van der Waals surface area contributed by atoms with Crippen LogP contribution < -0.4 is 15.6 Å². The Bertz CT molecular complexity index is 779. The molecule has 2 aromatic rings. The molecular formula is C18H18Cl2N2O3. The molecular weight excluding hydrogens is 363 g/mol. The molecule has 2 aromatic carbocycles. The number of nitrogens with one attached hydrogen (secondary N) is 2. The predicted octanol–water partition coefficient (Wildman–Crippen LogP) is 4.10. The SMILES string of the molecule is CC(C)COc1cccc(C(=O)NNC(=O)c2cc(Cl)ccc2Cl)c1. The molecule has 132 valence electrons. The van der Waals surface area contributed by atoms with Crippen LogP contribution in [-0.4, -0.2) is 18.4 Å². The molecule has 0 unspecified atom stereocenters. The van der Waals surface area contributed by atoms with E-state index in [2.05, 4.69) is 10.9 Å². The number of rotatable bonds is 5. The third-order valence-corrected chi connectivity index (χ3v) is 3.71. The Morgan fingerprint density at radius 1 is 1.04 bits per heavy atom. The Labute approximate surface area is 156 Å². The van der Waals surface area contributed by atoms with Gasteiger partial charge in [-0.3, -0.25) is 20.4 Å². The van der Waals surface area contributed by atoms with E-state index in [4.69, 9.17) is 27.9 Å². The zero-order chi connectivity index (χ0) is 18.4. The summed E-state index contributed by atoms with van der Waals surface area (Å²) in [5, 5.41) is 0.608. The standard InChI is InChI=1S/C18H18Cl2N2O3/c1-11(2)10-25-14-5-3-4-12(8-14)17(23)21-22-18(24)15-9-13(19)6-7-16(15)20/h3-9,11H,10H2,1-2H3,(H,21,23)(H,22,24). The van der Waals surface area contributed by atoms with Gasteiger partial charge in [0, 0.05) is 10.6 Å². The maximum Gasteiger partial charge on any atom is 0.271 e. The molecule has 2 N–H and O–H groups in total. The van der Waals surface area contributed by atoms with Crippen molar-refractivity contribution in [2.24, 2.45) is 5.92 Å². The van der Waals surface area contributed by atoms with E-state index in [9.17, 15) is 9.59 Å². The fourth-order valence-electron chi connectivity index (χ4n) is 1.91. The highest BCUT2D eigenvalue weighted by molar-refractivity contribution is 6.35. The van der Waals surface area contributed by atoms with Crippen molar-refractivity contribution in [1.82, 2.24) is 10.9 Å². The number of hydrogen-bond acceptors (Lipinski definition) is 3. The third kappa shape index (κ3) is 5.66. The van der Waals surface area contributed by atoms with Gasteiger partial charge in [-0.1, -0.05) is 43.1 Å². The second kappa shape index (κ2) is 8.74. The van der Waals surface area contributed by atoms with Gasteiger partial charge in [0.2, 0.25) is 0 Å². The normalized spacial score (nSPS) is 10.4. The van der Waals surface area contributed by atoms with Crippen LogP contribution in [0.2, 0.25) is 10.0 Å². The molecule has 0 radical (unpaired) electrons. The fraction of sp³-hybridized carbons (Fsp3) is 0.222. The lowest BCUT2D eigenvalue weighted by Crippen LogP contribution is -2.41. The summed E-state index contributed by atoms with van der Waals surface area (Å²) < 4.78 is 5.58. The maximum absolute atomic E-state index is 12.2. The van der Waals surface area contributed by atoms with E-state index in [0.717, 1.165) is 0 Å². The molecule has 25 heavy (non-hydrogen) atoms. The molecule has 0 aromatic heterocycles. The van der Waals surface area contributed by atoms with Crippen molar-refractivity contribution in [3.8, 4) is 5.75 Å². The quantitative estimate of drug-likeness (QED) is 0.767. The van der Waals surface area contributed by atoms with E-state index >= 15 is 0 Å². The molecule has 0 atom stereocenters. The lowest BCUT2D eigenvalue weighted by Gasteiger charge is -2.11. The van der Waals surface area contributed by atoms with E-state index in [1.165, 1.54) is 12.1 Å². The minimum absolute atomic E-state index is 0.170. The molecule has 5 nitrogen and oxygen atoms in total. The molecule has 0 aliphatic carbocycles. The van der Waals surface area contributed by atoms with Crippen molar-refractivity contribution in [2.45, 2.75) is 13.8 Å². The highest BCUT2D eigenvalue weighted by Gasteiger charge is 2.13. The van der Waals surface area contributed by atoms with Gasteiger partial charge in [-0.15, -0.1) is 0 Å². The average Bonchev–Trinajstić information content (AvgIpc) is 2.59. The van der Waals surface area contributed by atoms with Crippen LogP contribution in [0.3, 0.4) is 0 Å². The lowest BCUT2D eigenvalue weighted by atomic mass is 10.2. The predicted molar refractivity (Wildman–Crippen MR) is 98.2 cm³/mol. The summed E-state index contributed by atoms with van der Waals surface area (Å²) in [5.74, 6) is -0.0701. The molecule has 0 saturated heterocycles. The number of benzene rings is 2. The number of hydrazine groups is 1. The summed E-state index contributed by atoms with van der Waals surface area (Å²) in [5.41, 5.74) is 5.18. The van der Waals surface area contributed by atoms with Crippen molar-refractivity contribution in [3.63, 3.8) is 0 Å². The third-order valence-electron chi connectivity index (χ3n) is 3.14. The van der Waals surface area contributed by atoms with Crippen LogP contribution >= 0.6 is 23.2 Å². The van der Waals surface area contributed by atoms with Crippen LogP contribution in [0, 0.1) is 5.92 Å². The minimum atomic E-state index is -0.562. The summed E-state index contributed by atoms with van der Waals surface area (Å²) in [7, 11) is 0. The molecule has 0 heterocycles. The highest BCUT2D eigenvalue weighted by Crippen LogP contribution is 2.20. The van der Waals surface area contributed by atoms with E-state index in [1.807, 2.05) is 13.8 Å². The van der Waals surface area contributed by atoms with Crippen LogP contribution in [-0.2, 0) is 0 Å². The molecule has 2 amide bonds. The van der Waals surface area contributed by atoms with Gasteiger partial charge >= 0.3 is 0 Å². The summed E-state index contributed by atoms with van der Waals surface area (Å²) in [6.45, 7) is 4.62. The Hall–Kier alpha value is -2.24. The Balaban J connectivity index is 1.99. The van der Waals surface area contributed by atoms with Crippen LogP contribution in [0.5, 0.6) is 5.75 Å². The summed E-state index contributed by atoms with van der Waals surface area (Å²) in [6.07, 6.45) is 0. The van der Waals surface area contributed by atoms with Crippen LogP contribution in [0.1, 0.15) is 34.6 Å².